The molecule has 3 heteroatoms. The molecule has 2 aromatic heterocycles. The summed E-state index contributed by atoms with van der Waals surface area (Å²) in [6, 6.07) is 86.4. The number of nitrogens with zero attached hydrogens (tertiary/aromatic N) is 1. The molecule has 0 unspecified atom stereocenters. The first-order valence-corrected chi connectivity index (χ1v) is 23.0. The molecule has 296 valence electrons. The van der Waals surface area contributed by atoms with Crippen molar-refractivity contribution in [2.75, 3.05) is 4.90 Å². The van der Waals surface area contributed by atoms with Gasteiger partial charge in [0.05, 0.1) is 0 Å². The van der Waals surface area contributed by atoms with Crippen LogP contribution in [0.1, 0.15) is 0 Å². The van der Waals surface area contributed by atoms with E-state index < -0.39 is 0 Å². The molecule has 0 spiro atoms. The summed E-state index contributed by atoms with van der Waals surface area (Å²) in [6.45, 7) is 0. The van der Waals surface area contributed by atoms with Crippen LogP contribution in [0.2, 0.25) is 0 Å². The van der Waals surface area contributed by atoms with Gasteiger partial charge in [-0.25, -0.2) is 0 Å². The van der Waals surface area contributed by atoms with Crippen LogP contribution in [0.3, 0.4) is 0 Å². The van der Waals surface area contributed by atoms with Crippen molar-refractivity contribution in [3.05, 3.63) is 237 Å². The Balaban J connectivity index is 0.933. The molecule has 0 aliphatic heterocycles. The molecule has 0 saturated heterocycles. The SMILES string of the molecule is c1ccc(-c2ccc(N(c3ccc(-c4ccc5sc6c(-c7ccccc7)cc(-c7ccccc7)cc6c5c4)cc3)c3ccc(-c4cccc5c4sc4ccccc45)cc3)cc2)cc1. The first-order valence-electron chi connectivity index (χ1n) is 21.4. The first-order chi connectivity index (χ1) is 31.2. The van der Waals surface area contributed by atoms with Crippen molar-refractivity contribution in [2.45, 2.75) is 0 Å². The van der Waals surface area contributed by atoms with Gasteiger partial charge < -0.3 is 4.90 Å². The van der Waals surface area contributed by atoms with Gasteiger partial charge in [0.25, 0.3) is 0 Å². The Morgan fingerprint density at radius 2 is 0.667 bits per heavy atom. The van der Waals surface area contributed by atoms with E-state index in [0.29, 0.717) is 0 Å². The van der Waals surface area contributed by atoms with Gasteiger partial charge >= 0.3 is 0 Å². The Morgan fingerprint density at radius 1 is 0.238 bits per heavy atom. The fraction of sp³-hybridized carbons (Fsp3) is 0. The summed E-state index contributed by atoms with van der Waals surface area (Å²) in [4.78, 5) is 2.37. The summed E-state index contributed by atoms with van der Waals surface area (Å²) in [6.07, 6.45) is 0. The molecule has 0 aliphatic rings. The van der Waals surface area contributed by atoms with Gasteiger partial charge in [0.1, 0.15) is 0 Å². The zero-order valence-corrected chi connectivity index (χ0v) is 35.9. The predicted octanol–water partition coefficient (Wildman–Crippen LogP) is 18.2. The Kier molecular flexibility index (Phi) is 9.29. The lowest BCUT2D eigenvalue weighted by Gasteiger charge is -2.26. The smallest absolute Gasteiger partial charge is 0.0462 e. The lowest BCUT2D eigenvalue weighted by atomic mass is 9.95. The van der Waals surface area contributed by atoms with Gasteiger partial charge in [-0.1, -0.05) is 170 Å². The topological polar surface area (TPSA) is 3.24 Å². The van der Waals surface area contributed by atoms with Crippen LogP contribution < -0.4 is 4.90 Å². The van der Waals surface area contributed by atoms with Crippen molar-refractivity contribution in [3.63, 3.8) is 0 Å². The summed E-state index contributed by atoms with van der Waals surface area (Å²) < 4.78 is 5.27. The summed E-state index contributed by atoms with van der Waals surface area (Å²) in [5.41, 5.74) is 15.6. The maximum atomic E-state index is 2.39. The Labute approximate surface area is 375 Å². The average Bonchev–Trinajstić information content (AvgIpc) is 3.94. The highest BCUT2D eigenvalue weighted by molar-refractivity contribution is 7.26. The van der Waals surface area contributed by atoms with Crippen LogP contribution in [0, 0.1) is 0 Å². The Morgan fingerprint density at radius 3 is 1.30 bits per heavy atom. The third-order valence-corrected chi connectivity index (χ3v) is 14.7. The highest BCUT2D eigenvalue weighted by Gasteiger charge is 2.17. The van der Waals surface area contributed by atoms with Crippen LogP contribution in [0.4, 0.5) is 17.1 Å². The van der Waals surface area contributed by atoms with Crippen LogP contribution in [-0.2, 0) is 0 Å². The molecule has 12 aromatic rings. The number of hydrogen-bond acceptors (Lipinski definition) is 3. The van der Waals surface area contributed by atoms with E-state index in [2.05, 4.69) is 241 Å². The van der Waals surface area contributed by atoms with Crippen LogP contribution in [0.5, 0.6) is 0 Å². The predicted molar refractivity (Wildman–Crippen MR) is 274 cm³/mol. The van der Waals surface area contributed by atoms with Gasteiger partial charge in [-0.2, -0.15) is 0 Å². The number of benzene rings is 10. The molecule has 0 atom stereocenters. The van der Waals surface area contributed by atoms with Gasteiger partial charge in [-0.3, -0.25) is 0 Å². The molecule has 0 amide bonds. The lowest BCUT2D eigenvalue weighted by Crippen LogP contribution is -2.09. The van der Waals surface area contributed by atoms with E-state index in [1.807, 2.05) is 22.7 Å². The third-order valence-electron chi connectivity index (χ3n) is 12.3. The second-order valence-corrected chi connectivity index (χ2v) is 18.2. The number of thiophene rings is 2. The molecule has 0 bridgehead atoms. The molecule has 1 nitrogen and oxygen atoms in total. The molecule has 0 aliphatic carbocycles. The minimum atomic E-state index is 1.10. The zero-order chi connectivity index (χ0) is 41.7. The lowest BCUT2D eigenvalue weighted by molar-refractivity contribution is 1.28. The number of fused-ring (bicyclic) bond motifs is 6. The zero-order valence-electron chi connectivity index (χ0n) is 34.3. The average molecular weight is 838 g/mol. The second-order valence-electron chi connectivity index (χ2n) is 16.1. The van der Waals surface area contributed by atoms with Crippen molar-refractivity contribution >= 4 is 80.1 Å². The van der Waals surface area contributed by atoms with E-state index in [0.717, 1.165) is 17.1 Å². The van der Waals surface area contributed by atoms with Crippen molar-refractivity contribution in [1.29, 1.82) is 0 Å². The molecule has 2 heterocycles. The maximum Gasteiger partial charge on any atom is 0.0462 e. The van der Waals surface area contributed by atoms with Crippen molar-refractivity contribution in [2.24, 2.45) is 0 Å². The van der Waals surface area contributed by atoms with Crippen LogP contribution in [0.15, 0.2) is 237 Å². The number of rotatable bonds is 8. The Hall–Kier alpha value is -7.56. The quantitative estimate of drug-likeness (QED) is 0.147. The molecule has 0 fully saturated rings. The van der Waals surface area contributed by atoms with Gasteiger partial charge in [0, 0.05) is 63.0 Å². The molecular weight excluding hydrogens is 799 g/mol. The fourth-order valence-electron chi connectivity index (χ4n) is 9.14. The highest BCUT2D eigenvalue weighted by Crippen LogP contribution is 2.45. The molecule has 0 N–H and O–H groups in total. The van der Waals surface area contributed by atoms with Gasteiger partial charge in [0.2, 0.25) is 0 Å². The maximum absolute atomic E-state index is 2.39. The number of hydrogen-bond donors (Lipinski definition) is 0. The molecule has 0 saturated carbocycles. The highest BCUT2D eigenvalue weighted by atomic mass is 32.1. The summed E-state index contributed by atoms with van der Waals surface area (Å²) in [5, 5.41) is 5.23. The summed E-state index contributed by atoms with van der Waals surface area (Å²) >= 11 is 3.76. The minimum absolute atomic E-state index is 1.10. The third kappa shape index (κ3) is 6.79. The van der Waals surface area contributed by atoms with E-state index in [4.69, 9.17) is 0 Å². The molecule has 10 aromatic carbocycles. The van der Waals surface area contributed by atoms with Crippen molar-refractivity contribution < 1.29 is 0 Å². The van der Waals surface area contributed by atoms with E-state index in [9.17, 15) is 0 Å². The first kappa shape index (κ1) is 37.2. The van der Waals surface area contributed by atoms with Crippen LogP contribution in [-0.4, -0.2) is 0 Å². The Bertz CT molecular complexity index is 3570. The number of anilines is 3. The second kappa shape index (κ2) is 15.7. The standard InChI is InChI=1S/C60H39NS2/c1-4-13-40(14-5-1)42-23-30-48(31-24-42)61(50-34-27-45(28-35-50)51-20-12-21-53-52-19-10-11-22-57(52)62-59(51)53)49-32-25-43(26-33-49)46-29-36-58-55(37-46)56-39-47(41-15-6-2-7-16-41)38-54(60(56)63-58)44-17-8-3-9-18-44/h1-39H. The van der Waals surface area contributed by atoms with E-state index in [1.165, 1.54) is 96.0 Å². The molecule has 0 radical (unpaired) electrons. The van der Waals surface area contributed by atoms with Gasteiger partial charge in [0.15, 0.2) is 0 Å². The van der Waals surface area contributed by atoms with E-state index in [-0.39, 0.29) is 0 Å². The normalized spacial score (nSPS) is 11.5. The largest absolute Gasteiger partial charge is 0.311 e. The van der Waals surface area contributed by atoms with Crippen molar-refractivity contribution in [1.82, 2.24) is 0 Å². The van der Waals surface area contributed by atoms with E-state index in [1.54, 1.807) is 0 Å². The molecular formula is C60H39NS2. The summed E-state index contributed by atoms with van der Waals surface area (Å²) in [7, 11) is 0. The monoisotopic (exact) mass is 837 g/mol. The van der Waals surface area contributed by atoms with Gasteiger partial charge in [-0.15, -0.1) is 22.7 Å². The molecule has 12 rings (SSSR count). The van der Waals surface area contributed by atoms with Crippen molar-refractivity contribution in [3.8, 4) is 55.6 Å². The molecule has 63 heavy (non-hydrogen) atoms. The summed E-state index contributed by atoms with van der Waals surface area (Å²) in [5.74, 6) is 0. The van der Waals surface area contributed by atoms with Crippen LogP contribution in [0.25, 0.3) is 96.0 Å². The van der Waals surface area contributed by atoms with Crippen LogP contribution >= 0.6 is 22.7 Å². The minimum Gasteiger partial charge on any atom is -0.311 e. The van der Waals surface area contributed by atoms with E-state index >= 15 is 0 Å². The van der Waals surface area contributed by atoms with Gasteiger partial charge in [-0.05, 0) is 117 Å². The fourth-order valence-corrected chi connectivity index (χ4v) is 11.6.